The van der Waals surface area contributed by atoms with Gasteiger partial charge < -0.3 is 14.5 Å². The van der Waals surface area contributed by atoms with E-state index in [1.807, 2.05) is 30.0 Å². The first-order valence-corrected chi connectivity index (χ1v) is 14.0. The van der Waals surface area contributed by atoms with E-state index in [0.717, 1.165) is 35.1 Å². The van der Waals surface area contributed by atoms with Crippen LogP contribution in [0, 0.1) is 0 Å². The molecule has 198 valence electrons. The zero-order chi connectivity index (χ0) is 26.7. The molecule has 1 saturated heterocycles. The number of esters is 1. The van der Waals surface area contributed by atoms with Crippen molar-refractivity contribution in [2.45, 2.75) is 51.6 Å². The van der Waals surface area contributed by atoms with Crippen molar-refractivity contribution < 1.29 is 14.3 Å². The molecule has 1 fully saturated rings. The molecule has 1 aliphatic rings. The summed E-state index contributed by atoms with van der Waals surface area (Å²) in [6.07, 6.45) is 4.11. The number of hydrogen-bond acceptors (Lipinski definition) is 6. The third kappa shape index (κ3) is 5.18. The third-order valence-electron chi connectivity index (χ3n) is 7.50. The number of thiophene rings is 1. The molecule has 1 unspecified atom stereocenters. The summed E-state index contributed by atoms with van der Waals surface area (Å²) in [5, 5.41) is 11.6. The lowest BCUT2D eigenvalue weighted by atomic mass is 9.83. The number of aromatic nitrogens is 2. The summed E-state index contributed by atoms with van der Waals surface area (Å²) in [6.45, 7) is 10.3. The first kappa shape index (κ1) is 26.0. The summed E-state index contributed by atoms with van der Waals surface area (Å²) in [6, 6.07) is 14.5. The predicted molar refractivity (Wildman–Crippen MR) is 152 cm³/mol. The second kappa shape index (κ2) is 11.0. The summed E-state index contributed by atoms with van der Waals surface area (Å²) in [4.78, 5) is 30.1. The fourth-order valence-corrected chi connectivity index (χ4v) is 6.28. The molecule has 0 spiro atoms. The maximum atomic E-state index is 14.1. The Bertz CT molecular complexity index is 1470. The molecule has 1 N–H and O–H groups in total. The molecule has 3 heterocycles. The van der Waals surface area contributed by atoms with Crippen molar-refractivity contribution in [2.24, 2.45) is 0 Å². The molecule has 2 aromatic heterocycles. The minimum atomic E-state index is -0.662. The lowest BCUT2D eigenvalue weighted by Crippen LogP contribution is -2.65. The van der Waals surface area contributed by atoms with Gasteiger partial charge in [-0.25, -0.2) is 0 Å². The Balaban J connectivity index is 1.32. The fraction of sp³-hybridized carbons (Fsp3) is 0.367. The molecule has 1 amide bonds. The van der Waals surface area contributed by atoms with E-state index >= 15 is 0 Å². The zero-order valence-electron chi connectivity index (χ0n) is 22.0. The number of ether oxygens (including phenoxy) is 1. The number of amides is 1. The van der Waals surface area contributed by atoms with E-state index in [1.165, 1.54) is 15.6 Å². The van der Waals surface area contributed by atoms with Gasteiger partial charge in [-0.05, 0) is 60.7 Å². The van der Waals surface area contributed by atoms with Crippen LogP contribution in [0.1, 0.15) is 44.2 Å². The van der Waals surface area contributed by atoms with Crippen LogP contribution in [-0.2, 0) is 27.3 Å². The molecule has 1 aliphatic heterocycles. The van der Waals surface area contributed by atoms with Gasteiger partial charge in [0.25, 0.3) is 0 Å². The van der Waals surface area contributed by atoms with Crippen LogP contribution in [0.2, 0.25) is 0 Å². The van der Waals surface area contributed by atoms with E-state index in [1.54, 1.807) is 24.5 Å². The number of benzene rings is 2. The number of carbonyl (C=O) groups excluding carboxylic acids is 2. The van der Waals surface area contributed by atoms with Gasteiger partial charge in [0, 0.05) is 48.3 Å². The standard InChI is InChI=1S/C30H34N4O3S/c1-4-37-28(35)10-7-14-33(19-22-11-12-23-18-31-32-26(23)17-22)29(36)30(3)13-15-34(30)21(2)16-24-20-38-27-9-6-5-8-25(24)27/h5-6,8-9,11-12,17-18,20H,2,4,7,10,13-16,19H2,1,3H3,(H,31,32). The van der Waals surface area contributed by atoms with Crippen molar-refractivity contribution in [3.8, 4) is 0 Å². The molecule has 0 radical (unpaired) electrons. The molecule has 4 aromatic rings. The topological polar surface area (TPSA) is 78.5 Å². The van der Waals surface area contributed by atoms with Crippen LogP contribution in [-0.4, -0.2) is 57.1 Å². The summed E-state index contributed by atoms with van der Waals surface area (Å²) in [5.74, 6) is -0.166. The van der Waals surface area contributed by atoms with Gasteiger partial charge in [0.05, 0.1) is 18.3 Å². The fourth-order valence-electron chi connectivity index (χ4n) is 5.32. The largest absolute Gasteiger partial charge is 0.466 e. The number of nitrogens with one attached hydrogen (secondary N) is 1. The zero-order valence-corrected chi connectivity index (χ0v) is 22.9. The minimum Gasteiger partial charge on any atom is -0.466 e. The molecule has 1 atom stereocenters. The number of fused-ring (bicyclic) bond motifs is 2. The van der Waals surface area contributed by atoms with Crippen molar-refractivity contribution in [1.29, 1.82) is 0 Å². The molecular weight excluding hydrogens is 496 g/mol. The highest BCUT2D eigenvalue weighted by Crippen LogP contribution is 2.38. The van der Waals surface area contributed by atoms with Gasteiger partial charge in [-0.3, -0.25) is 14.7 Å². The first-order valence-electron chi connectivity index (χ1n) is 13.2. The van der Waals surface area contributed by atoms with Crippen LogP contribution in [0.5, 0.6) is 0 Å². The van der Waals surface area contributed by atoms with E-state index in [-0.39, 0.29) is 18.3 Å². The Morgan fingerprint density at radius 1 is 1.26 bits per heavy atom. The maximum absolute atomic E-state index is 14.1. The average molecular weight is 531 g/mol. The number of H-pyrrole nitrogens is 1. The maximum Gasteiger partial charge on any atom is 0.305 e. The second-order valence-electron chi connectivity index (χ2n) is 10.1. The van der Waals surface area contributed by atoms with E-state index in [2.05, 4.69) is 51.3 Å². The first-order chi connectivity index (χ1) is 18.4. The Hall–Kier alpha value is -3.65. The van der Waals surface area contributed by atoms with E-state index in [4.69, 9.17) is 4.74 Å². The van der Waals surface area contributed by atoms with Crippen LogP contribution in [0.25, 0.3) is 21.0 Å². The third-order valence-corrected chi connectivity index (χ3v) is 8.51. The number of aromatic amines is 1. The van der Waals surface area contributed by atoms with Gasteiger partial charge in [-0.15, -0.1) is 11.3 Å². The Morgan fingerprint density at radius 2 is 2.11 bits per heavy atom. The lowest BCUT2D eigenvalue weighted by Gasteiger charge is -2.53. The Labute approximate surface area is 227 Å². The SMILES string of the molecule is C=C(Cc1csc2ccccc12)N1CCC1(C)C(=O)N(CCCC(=O)OCC)Cc1ccc2cn[nH]c2c1. The van der Waals surface area contributed by atoms with Gasteiger partial charge in [-0.2, -0.15) is 5.10 Å². The number of rotatable bonds is 11. The van der Waals surface area contributed by atoms with Crippen molar-refractivity contribution in [2.75, 3.05) is 19.7 Å². The smallest absolute Gasteiger partial charge is 0.305 e. The predicted octanol–water partition coefficient (Wildman–Crippen LogP) is 5.67. The number of carbonyl (C=O) groups is 2. The summed E-state index contributed by atoms with van der Waals surface area (Å²) < 4.78 is 6.36. The van der Waals surface area contributed by atoms with Gasteiger partial charge in [0.1, 0.15) is 5.54 Å². The van der Waals surface area contributed by atoms with Crippen molar-refractivity contribution in [1.82, 2.24) is 20.0 Å². The van der Waals surface area contributed by atoms with Crippen molar-refractivity contribution in [3.63, 3.8) is 0 Å². The minimum absolute atomic E-state index is 0.0636. The van der Waals surface area contributed by atoms with Crippen LogP contribution >= 0.6 is 11.3 Å². The van der Waals surface area contributed by atoms with E-state index in [0.29, 0.717) is 32.5 Å². The molecule has 38 heavy (non-hydrogen) atoms. The van der Waals surface area contributed by atoms with Crippen molar-refractivity contribution >= 4 is 44.2 Å². The molecule has 7 nitrogen and oxygen atoms in total. The Kier molecular flexibility index (Phi) is 7.51. The number of likely N-dealkylation sites (tertiary alicyclic amines) is 1. The van der Waals surface area contributed by atoms with Gasteiger partial charge >= 0.3 is 5.97 Å². The molecule has 5 rings (SSSR count). The molecule has 2 aromatic carbocycles. The van der Waals surface area contributed by atoms with E-state index in [9.17, 15) is 9.59 Å². The van der Waals surface area contributed by atoms with Gasteiger partial charge in [-0.1, -0.05) is 36.9 Å². The molecule has 8 heteroatoms. The number of hydrogen-bond donors (Lipinski definition) is 1. The molecular formula is C30H34N4O3S. The lowest BCUT2D eigenvalue weighted by molar-refractivity contribution is -0.151. The number of nitrogens with zero attached hydrogens (tertiary/aromatic N) is 3. The van der Waals surface area contributed by atoms with Gasteiger partial charge in [0.15, 0.2) is 0 Å². The highest BCUT2D eigenvalue weighted by Gasteiger charge is 2.49. The molecule has 0 saturated carbocycles. The van der Waals surface area contributed by atoms with E-state index < -0.39 is 5.54 Å². The van der Waals surface area contributed by atoms with Crippen LogP contribution in [0.15, 0.2) is 66.3 Å². The van der Waals surface area contributed by atoms with Crippen molar-refractivity contribution in [3.05, 3.63) is 77.4 Å². The average Bonchev–Trinajstić information content (AvgIpc) is 3.53. The highest BCUT2D eigenvalue weighted by molar-refractivity contribution is 7.17. The normalized spacial score (nSPS) is 16.9. The molecule has 0 aliphatic carbocycles. The quantitative estimate of drug-likeness (QED) is 0.253. The Morgan fingerprint density at radius 3 is 2.89 bits per heavy atom. The highest BCUT2D eigenvalue weighted by atomic mass is 32.1. The summed E-state index contributed by atoms with van der Waals surface area (Å²) in [7, 11) is 0. The van der Waals surface area contributed by atoms with Crippen LogP contribution in [0.4, 0.5) is 0 Å². The summed E-state index contributed by atoms with van der Waals surface area (Å²) in [5.41, 5.74) is 3.50. The van der Waals surface area contributed by atoms with Crippen LogP contribution in [0.3, 0.4) is 0 Å². The number of allylic oxidation sites excluding steroid dienone is 1. The van der Waals surface area contributed by atoms with Gasteiger partial charge in [0.2, 0.25) is 5.91 Å². The monoisotopic (exact) mass is 530 g/mol. The van der Waals surface area contributed by atoms with Crippen LogP contribution < -0.4 is 0 Å². The molecule has 0 bridgehead atoms. The second-order valence-corrected chi connectivity index (χ2v) is 11.0. The summed E-state index contributed by atoms with van der Waals surface area (Å²) >= 11 is 1.74.